The molecular weight excluding hydrogens is 658 g/mol. The number of nitrogens with zero attached hydrogens (tertiary/aromatic N) is 4. The van der Waals surface area contributed by atoms with Crippen LogP contribution in [0.2, 0.25) is 0 Å². The minimum absolute atomic E-state index is 0.0113. The van der Waals surface area contributed by atoms with Gasteiger partial charge >= 0.3 is 5.97 Å². The van der Waals surface area contributed by atoms with E-state index >= 15 is 0 Å². The first-order chi connectivity index (χ1) is 23.9. The van der Waals surface area contributed by atoms with Crippen molar-refractivity contribution in [2.45, 2.75) is 75.6 Å². The number of carboxylic acids is 1. The fraction of sp³-hybridized carbons (Fsp3) is 0.406. The molecule has 4 aromatic rings. The summed E-state index contributed by atoms with van der Waals surface area (Å²) >= 11 is 0. The Kier molecular flexibility index (Phi) is 11.2. The van der Waals surface area contributed by atoms with E-state index in [2.05, 4.69) is 25.9 Å². The Bertz CT molecular complexity index is 1830. The Morgan fingerprint density at radius 1 is 1.22 bits per heavy atom. The SMILES string of the molecule is CC(=O)N[C@H]1C([C@H](O)C(O)CNC(=O)c2ccccc2)O[C@@](OCc2cn(CCCc3c[nH]c4ccc([N+](=O)[O-])cc34)nn2)(C(=O)O)C[C@@H]1O. The normalized spacial score (nSPS) is 21.7. The molecule has 2 aromatic heterocycles. The Balaban J connectivity index is 1.22. The molecule has 2 aromatic carbocycles. The van der Waals surface area contributed by atoms with Crippen molar-refractivity contribution >= 4 is 34.4 Å². The Morgan fingerprint density at radius 2 is 1.98 bits per heavy atom. The van der Waals surface area contributed by atoms with Crippen LogP contribution in [0.4, 0.5) is 5.69 Å². The van der Waals surface area contributed by atoms with Crippen LogP contribution in [0.1, 0.15) is 41.4 Å². The predicted octanol–water partition coefficient (Wildman–Crippen LogP) is 0.404. The number of nitrogens with one attached hydrogen (secondary N) is 3. The minimum Gasteiger partial charge on any atom is -0.477 e. The van der Waals surface area contributed by atoms with Gasteiger partial charge in [0, 0.05) is 61.2 Å². The number of rotatable bonds is 15. The molecule has 1 saturated heterocycles. The van der Waals surface area contributed by atoms with Crippen molar-refractivity contribution in [1.29, 1.82) is 0 Å². The van der Waals surface area contributed by atoms with E-state index in [1.54, 1.807) is 42.6 Å². The van der Waals surface area contributed by atoms with Crippen LogP contribution in [-0.2, 0) is 38.6 Å². The molecule has 1 aliphatic rings. The molecule has 1 aliphatic heterocycles. The lowest BCUT2D eigenvalue weighted by atomic mass is 9.88. The summed E-state index contributed by atoms with van der Waals surface area (Å²) in [4.78, 5) is 50.8. The van der Waals surface area contributed by atoms with Gasteiger partial charge in [-0.2, -0.15) is 0 Å². The summed E-state index contributed by atoms with van der Waals surface area (Å²) in [6.45, 7) is 0.647. The summed E-state index contributed by atoms with van der Waals surface area (Å²) in [7, 11) is 0. The van der Waals surface area contributed by atoms with Crippen LogP contribution in [0.5, 0.6) is 0 Å². The van der Waals surface area contributed by atoms with Gasteiger partial charge in [0.25, 0.3) is 17.4 Å². The molecule has 50 heavy (non-hydrogen) atoms. The molecule has 2 amide bonds. The van der Waals surface area contributed by atoms with E-state index < -0.39 is 78.5 Å². The Morgan fingerprint density at radius 3 is 2.68 bits per heavy atom. The van der Waals surface area contributed by atoms with Crippen LogP contribution in [0.3, 0.4) is 0 Å². The van der Waals surface area contributed by atoms with Gasteiger partial charge in [0.2, 0.25) is 5.91 Å². The number of fused-ring (bicyclic) bond motifs is 1. The number of aromatic amines is 1. The van der Waals surface area contributed by atoms with Gasteiger partial charge in [-0.1, -0.05) is 23.4 Å². The number of aromatic nitrogens is 4. The summed E-state index contributed by atoms with van der Waals surface area (Å²) in [5.74, 6) is -5.34. The fourth-order valence-corrected chi connectivity index (χ4v) is 5.80. The number of benzene rings is 2. The van der Waals surface area contributed by atoms with Gasteiger partial charge in [0.05, 0.1) is 36.0 Å². The van der Waals surface area contributed by atoms with Gasteiger partial charge in [0.1, 0.15) is 17.9 Å². The Labute approximate surface area is 284 Å². The molecule has 18 nitrogen and oxygen atoms in total. The maximum Gasteiger partial charge on any atom is 0.364 e. The molecule has 0 radical (unpaired) electrons. The van der Waals surface area contributed by atoms with E-state index in [9.17, 15) is 44.9 Å². The largest absolute Gasteiger partial charge is 0.477 e. The fourth-order valence-electron chi connectivity index (χ4n) is 5.80. The van der Waals surface area contributed by atoms with E-state index in [1.807, 2.05) is 0 Å². The molecule has 6 atom stereocenters. The van der Waals surface area contributed by atoms with E-state index in [1.165, 1.54) is 23.0 Å². The van der Waals surface area contributed by atoms with Gasteiger partial charge in [-0.25, -0.2) is 4.79 Å². The van der Waals surface area contributed by atoms with Crippen LogP contribution in [0, 0.1) is 10.1 Å². The number of carbonyl (C=O) groups excluding carboxylic acids is 2. The molecule has 7 N–H and O–H groups in total. The molecular formula is C32H37N7O11. The number of hydrogen-bond donors (Lipinski definition) is 7. The van der Waals surface area contributed by atoms with Crippen LogP contribution < -0.4 is 10.6 Å². The number of aryl methyl sites for hydroxylation is 2. The molecule has 0 saturated carbocycles. The van der Waals surface area contributed by atoms with Crippen molar-refractivity contribution in [2.75, 3.05) is 6.54 Å². The van der Waals surface area contributed by atoms with Gasteiger partial charge < -0.3 is 45.5 Å². The second kappa shape index (κ2) is 15.5. The summed E-state index contributed by atoms with van der Waals surface area (Å²) in [6, 6.07) is 11.3. The van der Waals surface area contributed by atoms with Gasteiger partial charge in [-0.15, -0.1) is 5.10 Å². The first-order valence-corrected chi connectivity index (χ1v) is 15.7. The van der Waals surface area contributed by atoms with Crippen molar-refractivity contribution in [3.05, 3.63) is 87.9 Å². The number of amides is 2. The second-order valence-corrected chi connectivity index (χ2v) is 11.9. The minimum atomic E-state index is -2.53. The van der Waals surface area contributed by atoms with Crippen LogP contribution >= 0.6 is 0 Å². The zero-order chi connectivity index (χ0) is 36.0. The van der Waals surface area contributed by atoms with Gasteiger partial charge in [-0.3, -0.25) is 24.4 Å². The number of ether oxygens (including phenoxy) is 2. The van der Waals surface area contributed by atoms with Crippen molar-refractivity contribution in [2.24, 2.45) is 0 Å². The quantitative estimate of drug-likeness (QED) is 0.0657. The molecule has 18 heteroatoms. The average Bonchev–Trinajstić information content (AvgIpc) is 3.73. The monoisotopic (exact) mass is 695 g/mol. The van der Waals surface area contributed by atoms with E-state index in [0.717, 1.165) is 23.4 Å². The first-order valence-electron chi connectivity index (χ1n) is 15.7. The second-order valence-electron chi connectivity index (χ2n) is 11.9. The maximum atomic E-state index is 12.6. The zero-order valence-electron chi connectivity index (χ0n) is 26.8. The lowest BCUT2D eigenvalue weighted by molar-refractivity contribution is -0.384. The number of carbonyl (C=O) groups is 3. The molecule has 0 aliphatic carbocycles. The summed E-state index contributed by atoms with van der Waals surface area (Å²) < 4.78 is 13.0. The van der Waals surface area contributed by atoms with Crippen LogP contribution in [0.15, 0.2) is 60.9 Å². The molecule has 1 fully saturated rings. The molecule has 0 bridgehead atoms. The third-order valence-electron chi connectivity index (χ3n) is 8.34. The number of aliphatic carboxylic acids is 1. The predicted molar refractivity (Wildman–Crippen MR) is 172 cm³/mol. The standard InChI is InChI=1S/C32H37N7O11/c1-18(40)35-27-25(41)13-32(31(45)46,50-29(27)28(43)26(42)15-34-30(44)19-6-3-2-4-7-19)49-17-21-16-38(37-36-21)11-5-8-20-14-33-24-10-9-22(39(47)48)12-23(20)24/h2-4,6-7,9-10,12,14,16,25-29,33,41-43H,5,8,11,13,15,17H2,1H3,(H,34,44)(H,35,40)(H,45,46)/t25-,26?,27+,28+,29?,32+/m0/s1. The van der Waals surface area contributed by atoms with E-state index in [-0.39, 0.29) is 11.4 Å². The van der Waals surface area contributed by atoms with Crippen LogP contribution in [-0.4, -0.2) is 106 Å². The molecule has 266 valence electrons. The van der Waals surface area contributed by atoms with E-state index in [0.29, 0.717) is 24.9 Å². The average molecular weight is 696 g/mol. The number of hydrogen-bond acceptors (Lipinski definition) is 12. The highest BCUT2D eigenvalue weighted by Gasteiger charge is 2.55. The number of nitro benzene ring substituents is 1. The van der Waals surface area contributed by atoms with Crippen molar-refractivity contribution in [3.8, 4) is 0 Å². The summed E-state index contributed by atoms with van der Waals surface area (Å²) in [5, 5.41) is 67.9. The number of non-ortho nitro benzene ring substituents is 1. The van der Waals surface area contributed by atoms with Crippen molar-refractivity contribution < 1.29 is 49.2 Å². The highest BCUT2D eigenvalue weighted by atomic mass is 16.7. The van der Waals surface area contributed by atoms with Crippen molar-refractivity contribution in [3.63, 3.8) is 0 Å². The number of H-pyrrole nitrogens is 1. The highest BCUT2D eigenvalue weighted by molar-refractivity contribution is 5.94. The molecule has 3 heterocycles. The highest BCUT2D eigenvalue weighted by Crippen LogP contribution is 2.34. The third kappa shape index (κ3) is 8.29. The first kappa shape index (κ1) is 36.0. The van der Waals surface area contributed by atoms with Gasteiger partial charge in [0.15, 0.2) is 0 Å². The molecule has 5 rings (SSSR count). The summed E-state index contributed by atoms with van der Waals surface area (Å²) in [5.41, 5.74) is 2.17. The molecule has 0 spiro atoms. The zero-order valence-corrected chi connectivity index (χ0v) is 26.8. The lowest BCUT2D eigenvalue weighted by Gasteiger charge is -2.46. The third-order valence-corrected chi connectivity index (χ3v) is 8.34. The smallest absolute Gasteiger partial charge is 0.364 e. The van der Waals surface area contributed by atoms with Crippen LogP contribution in [0.25, 0.3) is 10.9 Å². The topological polar surface area (TPSA) is 264 Å². The number of aliphatic hydroxyl groups excluding tert-OH is 3. The Hall–Kier alpha value is -5.27. The number of nitro groups is 1. The van der Waals surface area contributed by atoms with Gasteiger partial charge in [-0.05, 0) is 36.6 Å². The summed E-state index contributed by atoms with van der Waals surface area (Å²) in [6.07, 6.45) is -3.08. The lowest BCUT2D eigenvalue weighted by Crippen LogP contribution is -2.68. The number of aliphatic hydroxyl groups is 3. The molecule has 2 unspecified atom stereocenters. The van der Waals surface area contributed by atoms with Crippen molar-refractivity contribution in [1.82, 2.24) is 30.6 Å². The maximum absolute atomic E-state index is 12.6. The van der Waals surface area contributed by atoms with E-state index in [4.69, 9.17) is 9.47 Å². The number of carboxylic acid groups (broad SMARTS) is 1.